The van der Waals surface area contributed by atoms with Crippen LogP contribution in [0.25, 0.3) is 0 Å². The average molecular weight is 331 g/mol. The van der Waals surface area contributed by atoms with Gasteiger partial charge in [0.2, 0.25) is 0 Å². The summed E-state index contributed by atoms with van der Waals surface area (Å²) in [5.41, 5.74) is 2.88. The van der Waals surface area contributed by atoms with Gasteiger partial charge < -0.3 is 10.4 Å². The normalized spacial score (nSPS) is 10.6. The minimum absolute atomic E-state index is 0.0728. The van der Waals surface area contributed by atoms with Crippen molar-refractivity contribution in [1.29, 1.82) is 0 Å². The number of thiazole rings is 1. The maximum Gasteiger partial charge on any atom is 0.263 e. The van der Waals surface area contributed by atoms with E-state index in [2.05, 4.69) is 10.3 Å². The Bertz CT molecular complexity index is 643. The van der Waals surface area contributed by atoms with E-state index >= 15 is 0 Å². The number of carbonyl (C=O) groups excluding carboxylic acids is 1. The molecule has 0 spiro atoms. The summed E-state index contributed by atoms with van der Waals surface area (Å²) in [6.45, 7) is 2.08. The zero-order valence-corrected chi connectivity index (χ0v) is 12.9. The highest BCUT2D eigenvalue weighted by molar-refractivity contribution is 7.11. The van der Waals surface area contributed by atoms with E-state index in [-0.39, 0.29) is 23.2 Å². The van der Waals surface area contributed by atoms with Crippen LogP contribution in [0.1, 0.15) is 27.9 Å². The number of benzene rings is 1. The molecule has 0 radical (unpaired) electrons. The lowest BCUT2D eigenvalue weighted by atomic mass is 10.2. The van der Waals surface area contributed by atoms with Crippen LogP contribution in [0.4, 0.5) is 0 Å². The largest absolute Gasteiger partial charge is 0.506 e. The Hall–Kier alpha value is -1.30. The molecule has 0 aliphatic carbocycles. The van der Waals surface area contributed by atoms with Crippen molar-refractivity contribution in [3.63, 3.8) is 0 Å². The lowest BCUT2D eigenvalue weighted by molar-refractivity contribution is 0.0953. The molecule has 0 bridgehead atoms. The topological polar surface area (TPSA) is 62.2 Å². The number of carbonyl (C=O) groups is 1. The maximum absolute atomic E-state index is 12.1. The Kier molecular flexibility index (Phi) is 4.86. The van der Waals surface area contributed by atoms with Crippen LogP contribution in [0.15, 0.2) is 17.6 Å². The van der Waals surface area contributed by atoms with Crippen molar-refractivity contribution >= 4 is 40.4 Å². The first-order chi connectivity index (χ1) is 9.52. The summed E-state index contributed by atoms with van der Waals surface area (Å²) in [6.07, 6.45) is 0.695. The molecule has 1 heterocycles. The number of rotatable bonds is 4. The Morgan fingerprint density at radius 2 is 2.20 bits per heavy atom. The van der Waals surface area contributed by atoms with Gasteiger partial charge >= 0.3 is 0 Å². The number of aryl methyl sites for hydroxylation is 1. The van der Waals surface area contributed by atoms with Gasteiger partial charge in [-0.25, -0.2) is 4.98 Å². The molecule has 1 amide bonds. The Morgan fingerprint density at radius 1 is 1.45 bits per heavy atom. The molecular formula is C13H12Cl2N2O2S. The second-order valence-corrected chi connectivity index (χ2v) is 5.76. The second kappa shape index (κ2) is 6.43. The number of aromatic hydroxyl groups is 1. The zero-order chi connectivity index (χ0) is 14.7. The molecule has 1 aromatic carbocycles. The second-order valence-electron chi connectivity index (χ2n) is 4.06. The molecule has 20 heavy (non-hydrogen) atoms. The molecule has 0 aliphatic rings. The minimum atomic E-state index is -0.222. The van der Waals surface area contributed by atoms with Crippen LogP contribution < -0.4 is 5.32 Å². The molecule has 0 unspecified atom stereocenters. The van der Waals surface area contributed by atoms with Gasteiger partial charge in [0.1, 0.15) is 10.6 Å². The molecule has 2 N–H and O–H groups in total. The van der Waals surface area contributed by atoms with Gasteiger partial charge in [-0.3, -0.25) is 4.79 Å². The number of nitrogens with zero attached hydrogens (tertiary/aromatic N) is 1. The summed E-state index contributed by atoms with van der Waals surface area (Å²) in [4.78, 5) is 16.8. The Morgan fingerprint density at radius 3 is 2.90 bits per heavy atom. The van der Waals surface area contributed by atoms with Gasteiger partial charge in [-0.15, -0.1) is 11.3 Å². The monoisotopic (exact) mass is 330 g/mol. The van der Waals surface area contributed by atoms with E-state index in [0.717, 1.165) is 5.69 Å². The molecule has 0 atom stereocenters. The van der Waals surface area contributed by atoms with Crippen molar-refractivity contribution in [1.82, 2.24) is 10.3 Å². The van der Waals surface area contributed by atoms with Crippen LogP contribution >= 0.6 is 34.5 Å². The van der Waals surface area contributed by atoms with Gasteiger partial charge in [0, 0.05) is 17.1 Å². The smallest absolute Gasteiger partial charge is 0.263 e. The Labute approximate surface area is 130 Å². The first-order valence-electron chi connectivity index (χ1n) is 5.90. The van der Waals surface area contributed by atoms with Gasteiger partial charge in [-0.05, 0) is 18.6 Å². The predicted molar refractivity (Wildman–Crippen MR) is 80.8 cm³/mol. The van der Waals surface area contributed by atoms with Gasteiger partial charge in [0.15, 0.2) is 0 Å². The van der Waals surface area contributed by atoms with Crippen LogP contribution in [0.5, 0.6) is 5.75 Å². The standard InChI is InChI=1S/C13H12Cl2N2O2S/c1-2-10-12(20-6-17-10)13(19)16-5-7-3-8(14)4-9(15)11(7)18/h3-4,6,18H,2,5H2,1H3,(H,16,19). The first-order valence-corrected chi connectivity index (χ1v) is 7.54. The number of hydrogen-bond acceptors (Lipinski definition) is 4. The first kappa shape index (κ1) is 15.1. The number of phenols is 1. The predicted octanol–water partition coefficient (Wildman–Crippen LogP) is 3.65. The fourth-order valence-corrected chi connectivity index (χ4v) is 3.05. The minimum Gasteiger partial charge on any atom is -0.506 e. The van der Waals surface area contributed by atoms with Crippen molar-refractivity contribution in [3.05, 3.63) is 43.8 Å². The molecular weight excluding hydrogens is 319 g/mol. The van der Waals surface area contributed by atoms with E-state index < -0.39 is 0 Å². The van der Waals surface area contributed by atoms with E-state index in [0.29, 0.717) is 21.9 Å². The van der Waals surface area contributed by atoms with E-state index in [1.165, 1.54) is 17.4 Å². The molecule has 2 rings (SSSR count). The summed E-state index contributed by atoms with van der Waals surface area (Å²) < 4.78 is 0. The molecule has 0 saturated heterocycles. The van der Waals surface area contributed by atoms with Crippen LogP contribution in [-0.4, -0.2) is 16.0 Å². The third-order valence-electron chi connectivity index (χ3n) is 2.73. The molecule has 0 saturated carbocycles. The fraction of sp³-hybridized carbons (Fsp3) is 0.231. The average Bonchev–Trinajstić information content (AvgIpc) is 2.89. The van der Waals surface area contributed by atoms with Crippen molar-refractivity contribution < 1.29 is 9.90 Å². The Balaban J connectivity index is 2.11. The lowest BCUT2D eigenvalue weighted by Crippen LogP contribution is -2.23. The number of amides is 1. The highest BCUT2D eigenvalue weighted by Crippen LogP contribution is 2.31. The van der Waals surface area contributed by atoms with E-state index in [4.69, 9.17) is 23.2 Å². The molecule has 0 aliphatic heterocycles. The van der Waals surface area contributed by atoms with Gasteiger partial charge in [-0.2, -0.15) is 0 Å². The van der Waals surface area contributed by atoms with Gasteiger partial charge in [-0.1, -0.05) is 30.1 Å². The number of hydrogen-bond donors (Lipinski definition) is 2. The van der Waals surface area contributed by atoms with Crippen LogP contribution in [0.2, 0.25) is 10.0 Å². The highest BCUT2D eigenvalue weighted by atomic mass is 35.5. The van der Waals surface area contributed by atoms with Gasteiger partial charge in [0.25, 0.3) is 5.91 Å². The summed E-state index contributed by atoms with van der Waals surface area (Å²) in [5, 5.41) is 13.1. The quantitative estimate of drug-likeness (QED) is 0.899. The summed E-state index contributed by atoms with van der Waals surface area (Å²) in [6, 6.07) is 3.01. The molecule has 0 fully saturated rings. The van der Waals surface area contributed by atoms with Crippen LogP contribution in [-0.2, 0) is 13.0 Å². The molecule has 106 valence electrons. The van der Waals surface area contributed by atoms with E-state index in [9.17, 15) is 9.90 Å². The third kappa shape index (κ3) is 3.23. The maximum atomic E-state index is 12.1. The highest BCUT2D eigenvalue weighted by Gasteiger charge is 2.14. The molecule has 7 heteroatoms. The summed E-state index contributed by atoms with van der Waals surface area (Å²) in [7, 11) is 0. The van der Waals surface area contributed by atoms with E-state index in [1.807, 2.05) is 6.92 Å². The lowest BCUT2D eigenvalue weighted by Gasteiger charge is -2.08. The zero-order valence-electron chi connectivity index (χ0n) is 10.6. The van der Waals surface area contributed by atoms with Crippen molar-refractivity contribution in [2.75, 3.05) is 0 Å². The number of halogens is 2. The summed E-state index contributed by atoms with van der Waals surface area (Å²) in [5.74, 6) is -0.295. The van der Waals surface area contributed by atoms with Crippen molar-refractivity contribution in [2.24, 2.45) is 0 Å². The molecule has 2 aromatic rings. The van der Waals surface area contributed by atoms with Crippen LogP contribution in [0.3, 0.4) is 0 Å². The van der Waals surface area contributed by atoms with Crippen LogP contribution in [0, 0.1) is 0 Å². The van der Waals surface area contributed by atoms with Crippen molar-refractivity contribution in [2.45, 2.75) is 19.9 Å². The number of aromatic nitrogens is 1. The molecule has 1 aromatic heterocycles. The van der Waals surface area contributed by atoms with Gasteiger partial charge in [0.05, 0.1) is 16.2 Å². The van der Waals surface area contributed by atoms with E-state index in [1.54, 1.807) is 11.6 Å². The fourth-order valence-electron chi connectivity index (χ4n) is 1.72. The SMILES string of the molecule is CCc1ncsc1C(=O)NCc1cc(Cl)cc(Cl)c1O. The number of phenolic OH excluding ortho intramolecular Hbond substituents is 1. The number of nitrogens with one attached hydrogen (secondary N) is 1. The molecule has 4 nitrogen and oxygen atoms in total. The third-order valence-corrected chi connectivity index (χ3v) is 4.10. The van der Waals surface area contributed by atoms with Crippen molar-refractivity contribution in [3.8, 4) is 5.75 Å². The summed E-state index contributed by atoms with van der Waals surface area (Å²) >= 11 is 13.0.